The first-order valence-electron chi connectivity index (χ1n) is 12.5. The molecule has 37 heavy (non-hydrogen) atoms. The molecule has 1 N–H and O–H groups in total. The fourth-order valence-electron chi connectivity index (χ4n) is 3.61. The smallest absolute Gasteiger partial charge is 0.550 e. The Balaban J connectivity index is 0. The number of esters is 2. The van der Waals surface area contributed by atoms with E-state index in [1.807, 2.05) is 0 Å². The number of aliphatic carboxylic acids is 2. The molecule has 0 aliphatic heterocycles. The minimum absolute atomic E-state index is 0. The van der Waals surface area contributed by atoms with Crippen LogP contribution in [0, 0.1) is 0 Å². The molecule has 2 rings (SSSR count). The molecule has 0 aromatic rings. The average Bonchev–Trinajstić information content (AvgIpc) is 3.54. The fraction of sp³-hybridized carbons (Fsp3) is 0.800. The van der Waals surface area contributed by atoms with Crippen molar-refractivity contribution in [3.63, 3.8) is 0 Å². The molecule has 0 heterocycles. The van der Waals surface area contributed by atoms with E-state index in [2.05, 4.69) is 9.47 Å². The molecule has 0 spiro atoms. The molecule has 0 saturated heterocycles. The summed E-state index contributed by atoms with van der Waals surface area (Å²) in [5.41, 5.74) is 0. The van der Waals surface area contributed by atoms with Gasteiger partial charge in [0.1, 0.15) is 12.2 Å². The minimum Gasteiger partial charge on any atom is -0.550 e. The molecule has 208 valence electrons. The van der Waals surface area contributed by atoms with Crippen LogP contribution in [0.2, 0.25) is 0 Å². The van der Waals surface area contributed by atoms with E-state index in [1.165, 1.54) is 32.8 Å². The van der Waals surface area contributed by atoms with E-state index in [1.54, 1.807) is 0 Å². The van der Waals surface area contributed by atoms with E-state index < -0.39 is 30.3 Å². The molecule has 0 aromatic carbocycles. The summed E-state index contributed by atoms with van der Waals surface area (Å²) in [6.45, 7) is 1.23. The van der Waals surface area contributed by atoms with Crippen molar-refractivity contribution in [3.8, 4) is 0 Å². The van der Waals surface area contributed by atoms with Gasteiger partial charge in [0, 0.05) is 26.1 Å². The first-order chi connectivity index (χ1) is 17.2. The number of carbonyl (C=O) groups excluding carboxylic acids is 4. The SMILES string of the molecule is COC(=O)CC(=O)CCCOC1CCCC1.COC(=O)CC(=O)[O-].O=C(O)CCCOC1CCCC1.[K+]. The van der Waals surface area contributed by atoms with Crippen molar-refractivity contribution >= 4 is 29.7 Å². The van der Waals surface area contributed by atoms with Crippen LogP contribution < -0.4 is 56.5 Å². The van der Waals surface area contributed by atoms with Crippen LogP contribution in [-0.4, -0.2) is 74.4 Å². The molecule has 2 aliphatic carbocycles. The first kappa shape index (κ1) is 38.3. The molecular formula is C25H41KO11. The first-order valence-corrected chi connectivity index (χ1v) is 12.5. The Bertz CT molecular complexity index is 657. The predicted molar refractivity (Wildman–Crippen MR) is 126 cm³/mol. The molecule has 11 nitrogen and oxygen atoms in total. The summed E-state index contributed by atoms with van der Waals surface area (Å²) in [5.74, 6) is -3.46. The van der Waals surface area contributed by atoms with E-state index in [0.29, 0.717) is 44.7 Å². The number of carboxylic acids is 2. The zero-order chi connectivity index (χ0) is 27.2. The second-order valence-corrected chi connectivity index (χ2v) is 8.57. The molecule has 0 unspecified atom stereocenters. The van der Waals surface area contributed by atoms with Gasteiger partial charge in [-0.15, -0.1) is 0 Å². The van der Waals surface area contributed by atoms with Crippen LogP contribution in [0.15, 0.2) is 0 Å². The maximum atomic E-state index is 11.3. The van der Waals surface area contributed by atoms with Crippen molar-refractivity contribution in [1.82, 2.24) is 0 Å². The Morgan fingerprint density at radius 1 is 0.730 bits per heavy atom. The zero-order valence-electron chi connectivity index (χ0n) is 22.5. The molecule has 0 bridgehead atoms. The van der Waals surface area contributed by atoms with Gasteiger partial charge < -0.3 is 34.0 Å². The summed E-state index contributed by atoms with van der Waals surface area (Å²) in [4.78, 5) is 51.7. The topological polar surface area (TPSA) is 166 Å². The van der Waals surface area contributed by atoms with E-state index >= 15 is 0 Å². The quantitative estimate of drug-likeness (QED) is 0.120. The van der Waals surface area contributed by atoms with Crippen molar-refractivity contribution in [1.29, 1.82) is 0 Å². The fourth-order valence-corrected chi connectivity index (χ4v) is 3.61. The number of carbonyl (C=O) groups is 5. The van der Waals surface area contributed by atoms with Crippen LogP contribution in [-0.2, 0) is 42.9 Å². The molecule has 0 aromatic heterocycles. The van der Waals surface area contributed by atoms with Gasteiger partial charge in [-0.1, -0.05) is 25.7 Å². The second kappa shape index (κ2) is 25.4. The standard InChI is InChI=1S/C12H20O4.C9H16O3.C4H6O4.K/c1-15-12(14)9-10(13)5-4-8-16-11-6-2-3-7-11;10-9(11)6-3-7-12-8-4-1-2-5-8;1-8-4(7)2-3(5)6;/h11H,2-9H2,1H3;8H,1-7H2,(H,10,11);2H2,1H3,(H,5,6);/q;;;+1/p-1. The maximum Gasteiger partial charge on any atom is 1.00 e. The van der Waals surface area contributed by atoms with Gasteiger partial charge in [-0.25, -0.2) is 0 Å². The Kier molecular flexibility index (Phi) is 26.2. The molecule has 0 atom stereocenters. The van der Waals surface area contributed by atoms with Crippen LogP contribution in [0.25, 0.3) is 0 Å². The van der Waals surface area contributed by atoms with Gasteiger partial charge in [0.05, 0.1) is 38.8 Å². The van der Waals surface area contributed by atoms with Crippen molar-refractivity contribution < 1.29 is 105 Å². The van der Waals surface area contributed by atoms with Crippen LogP contribution in [0.5, 0.6) is 0 Å². The van der Waals surface area contributed by atoms with Gasteiger partial charge in [0.25, 0.3) is 0 Å². The van der Waals surface area contributed by atoms with Crippen molar-refractivity contribution in [2.24, 2.45) is 0 Å². The number of rotatable bonds is 14. The molecule has 2 saturated carbocycles. The minimum atomic E-state index is -1.42. The molecule has 2 fully saturated rings. The van der Waals surface area contributed by atoms with Crippen LogP contribution in [0.3, 0.4) is 0 Å². The monoisotopic (exact) mass is 556 g/mol. The Hall–Kier alpha value is -0.894. The number of carboxylic acid groups (broad SMARTS) is 2. The van der Waals surface area contributed by atoms with E-state index in [4.69, 9.17) is 14.6 Å². The third-order valence-corrected chi connectivity index (χ3v) is 5.53. The number of ketones is 1. The molecule has 0 radical (unpaired) electrons. The second-order valence-electron chi connectivity index (χ2n) is 8.57. The number of hydrogen-bond donors (Lipinski definition) is 1. The number of hydrogen-bond acceptors (Lipinski definition) is 10. The Labute approximate surface area is 261 Å². The van der Waals surface area contributed by atoms with Gasteiger partial charge in [-0.3, -0.25) is 19.2 Å². The summed E-state index contributed by atoms with van der Waals surface area (Å²) < 4.78 is 19.5. The normalized spacial score (nSPS) is 14.8. The van der Waals surface area contributed by atoms with Gasteiger partial charge in [0.2, 0.25) is 0 Å². The van der Waals surface area contributed by atoms with Crippen LogP contribution in [0.4, 0.5) is 0 Å². The Morgan fingerprint density at radius 2 is 1.14 bits per heavy atom. The van der Waals surface area contributed by atoms with Crippen LogP contribution >= 0.6 is 0 Å². The summed E-state index contributed by atoms with van der Waals surface area (Å²) in [7, 11) is 2.41. The summed E-state index contributed by atoms with van der Waals surface area (Å²) in [6, 6.07) is 0. The number of methoxy groups -OCH3 is 2. The third kappa shape index (κ3) is 25.2. The third-order valence-electron chi connectivity index (χ3n) is 5.53. The predicted octanol–water partition coefficient (Wildman–Crippen LogP) is -1.03. The molecule has 0 amide bonds. The molecular weight excluding hydrogens is 515 g/mol. The summed E-state index contributed by atoms with van der Waals surface area (Å²) in [5, 5.41) is 17.9. The van der Waals surface area contributed by atoms with Gasteiger partial charge in [-0.2, -0.15) is 0 Å². The van der Waals surface area contributed by atoms with E-state index in [9.17, 15) is 29.1 Å². The number of Topliss-reactive ketones (excluding diaryl/α,β-unsaturated/α-hetero) is 1. The van der Waals surface area contributed by atoms with E-state index in [-0.39, 0.29) is 70.0 Å². The van der Waals surface area contributed by atoms with Crippen molar-refractivity contribution in [2.75, 3.05) is 27.4 Å². The van der Waals surface area contributed by atoms with Gasteiger partial charge >= 0.3 is 69.3 Å². The largest absolute Gasteiger partial charge is 1.00 e. The average molecular weight is 557 g/mol. The summed E-state index contributed by atoms with van der Waals surface area (Å²) in [6.07, 6.45) is 11.7. The maximum absolute atomic E-state index is 11.3. The number of ether oxygens (including phenoxy) is 4. The van der Waals surface area contributed by atoms with Gasteiger partial charge in [0.15, 0.2) is 0 Å². The van der Waals surface area contributed by atoms with Crippen molar-refractivity contribution in [2.45, 2.75) is 102 Å². The molecule has 2 aliphatic rings. The summed E-state index contributed by atoms with van der Waals surface area (Å²) >= 11 is 0. The van der Waals surface area contributed by atoms with Crippen LogP contribution in [0.1, 0.15) is 89.9 Å². The molecule has 12 heteroatoms. The Morgan fingerprint density at radius 3 is 1.49 bits per heavy atom. The van der Waals surface area contributed by atoms with E-state index in [0.717, 1.165) is 32.8 Å². The zero-order valence-corrected chi connectivity index (χ0v) is 25.6. The van der Waals surface area contributed by atoms with Gasteiger partial charge in [-0.05, 0) is 38.5 Å². The van der Waals surface area contributed by atoms with Crippen molar-refractivity contribution in [3.05, 3.63) is 0 Å².